The molecule has 0 aromatic heterocycles. The Morgan fingerprint density at radius 3 is 2.53 bits per heavy atom. The summed E-state index contributed by atoms with van der Waals surface area (Å²) in [7, 11) is 0. The van der Waals surface area contributed by atoms with Crippen molar-refractivity contribution in [1.82, 2.24) is 0 Å². The first-order valence-corrected chi connectivity index (χ1v) is 4.30. The minimum absolute atomic E-state index is 0.216. The van der Waals surface area contributed by atoms with E-state index in [1.54, 1.807) is 0 Å². The first-order valence-electron chi connectivity index (χ1n) is 4.30. The molecule has 8 heteroatoms. The van der Waals surface area contributed by atoms with Gasteiger partial charge in [0, 0.05) is 11.6 Å². The number of carboxylic acids is 1. The lowest BCUT2D eigenvalue weighted by Crippen LogP contribution is -2.09. The molecule has 1 N–H and O–H groups in total. The van der Waals surface area contributed by atoms with Crippen LogP contribution in [0.3, 0.4) is 0 Å². The second kappa shape index (κ2) is 4.73. The molecule has 1 aromatic rings. The third-order valence-electron chi connectivity index (χ3n) is 2.02. The van der Waals surface area contributed by atoms with Crippen LogP contribution in [-0.4, -0.2) is 22.6 Å². The van der Waals surface area contributed by atoms with Crippen molar-refractivity contribution in [3.05, 3.63) is 33.4 Å². The fraction of sp³-hybridized carbons (Fsp3) is 0.222. The van der Waals surface area contributed by atoms with E-state index in [1.165, 1.54) is 0 Å². The topological polar surface area (TPSA) is 89.7 Å². The Morgan fingerprint density at radius 1 is 1.53 bits per heavy atom. The minimum Gasteiger partial charge on any atom is -0.477 e. The quantitative estimate of drug-likeness (QED) is 0.650. The van der Waals surface area contributed by atoms with Crippen LogP contribution < -0.4 is 4.74 Å². The van der Waals surface area contributed by atoms with E-state index in [0.29, 0.717) is 0 Å². The molecule has 92 valence electrons. The largest absolute Gasteiger partial charge is 0.477 e. The normalized spacial score (nSPS) is 10.4. The predicted molar refractivity (Wildman–Crippen MR) is 51.4 cm³/mol. The molecule has 1 aromatic carbocycles. The summed E-state index contributed by atoms with van der Waals surface area (Å²) in [5.74, 6) is -1.98. The SMILES string of the molecule is Cc1c(OC(F)F)ccc([N+](=O)[O-])c1C(=O)O. The second-order valence-corrected chi connectivity index (χ2v) is 3.02. The number of hydrogen-bond acceptors (Lipinski definition) is 4. The lowest BCUT2D eigenvalue weighted by molar-refractivity contribution is -0.385. The van der Waals surface area contributed by atoms with Crippen LogP contribution in [0.25, 0.3) is 0 Å². The van der Waals surface area contributed by atoms with E-state index in [-0.39, 0.29) is 5.56 Å². The fourth-order valence-electron chi connectivity index (χ4n) is 1.32. The van der Waals surface area contributed by atoms with Gasteiger partial charge in [-0.05, 0) is 13.0 Å². The van der Waals surface area contributed by atoms with Crippen LogP contribution in [-0.2, 0) is 0 Å². The van der Waals surface area contributed by atoms with Crippen LogP contribution in [0, 0.1) is 17.0 Å². The van der Waals surface area contributed by atoms with E-state index in [4.69, 9.17) is 5.11 Å². The molecule has 0 heterocycles. The lowest BCUT2D eigenvalue weighted by Gasteiger charge is -2.09. The van der Waals surface area contributed by atoms with Gasteiger partial charge in [-0.3, -0.25) is 10.1 Å². The van der Waals surface area contributed by atoms with Gasteiger partial charge < -0.3 is 9.84 Å². The van der Waals surface area contributed by atoms with Crippen LogP contribution in [0.15, 0.2) is 12.1 Å². The molecular weight excluding hydrogens is 240 g/mol. The number of ether oxygens (including phenoxy) is 1. The number of nitro groups is 1. The Hall–Kier alpha value is -2.25. The molecule has 0 amide bonds. The van der Waals surface area contributed by atoms with Gasteiger partial charge in [-0.15, -0.1) is 0 Å². The molecule has 0 radical (unpaired) electrons. The van der Waals surface area contributed by atoms with Crippen molar-refractivity contribution in [2.24, 2.45) is 0 Å². The lowest BCUT2D eigenvalue weighted by atomic mass is 10.1. The van der Waals surface area contributed by atoms with E-state index in [0.717, 1.165) is 19.1 Å². The number of alkyl halides is 2. The number of benzene rings is 1. The zero-order chi connectivity index (χ0) is 13.2. The maximum Gasteiger partial charge on any atom is 0.387 e. The van der Waals surface area contributed by atoms with Crippen molar-refractivity contribution in [3.8, 4) is 5.75 Å². The summed E-state index contributed by atoms with van der Waals surface area (Å²) in [6.07, 6.45) is 0. The van der Waals surface area contributed by atoms with E-state index in [1.807, 2.05) is 0 Å². The number of nitro benzene ring substituents is 1. The van der Waals surface area contributed by atoms with Crippen LogP contribution in [0.1, 0.15) is 15.9 Å². The van der Waals surface area contributed by atoms with E-state index < -0.39 is 34.5 Å². The summed E-state index contributed by atoms with van der Waals surface area (Å²) in [5, 5.41) is 19.4. The zero-order valence-electron chi connectivity index (χ0n) is 8.52. The van der Waals surface area contributed by atoms with E-state index in [9.17, 15) is 23.7 Å². The number of carboxylic acid groups (broad SMARTS) is 1. The van der Waals surface area contributed by atoms with Gasteiger partial charge in [-0.1, -0.05) is 0 Å². The highest BCUT2D eigenvalue weighted by Crippen LogP contribution is 2.30. The average Bonchev–Trinajstić information content (AvgIpc) is 2.19. The van der Waals surface area contributed by atoms with Crippen molar-refractivity contribution in [3.63, 3.8) is 0 Å². The molecule has 17 heavy (non-hydrogen) atoms. The highest BCUT2D eigenvalue weighted by atomic mass is 19.3. The highest BCUT2D eigenvalue weighted by Gasteiger charge is 2.25. The van der Waals surface area contributed by atoms with E-state index >= 15 is 0 Å². The molecular formula is C9H7F2NO5. The third kappa shape index (κ3) is 2.65. The van der Waals surface area contributed by atoms with Crippen molar-refractivity contribution < 1.29 is 28.3 Å². The summed E-state index contributed by atoms with van der Waals surface area (Å²) in [6, 6.07) is 1.75. The number of halogens is 2. The summed E-state index contributed by atoms with van der Waals surface area (Å²) in [5.41, 5.74) is -1.54. The van der Waals surface area contributed by atoms with Crippen LogP contribution in [0.5, 0.6) is 5.75 Å². The molecule has 0 aliphatic heterocycles. The van der Waals surface area contributed by atoms with Gasteiger partial charge in [-0.2, -0.15) is 8.78 Å². The van der Waals surface area contributed by atoms with Gasteiger partial charge in [-0.25, -0.2) is 4.79 Å². The Balaban J connectivity index is 3.38. The maximum atomic E-state index is 12.0. The van der Waals surface area contributed by atoms with Gasteiger partial charge in [0.1, 0.15) is 11.3 Å². The first-order chi connectivity index (χ1) is 7.84. The van der Waals surface area contributed by atoms with Crippen molar-refractivity contribution in [2.45, 2.75) is 13.5 Å². The van der Waals surface area contributed by atoms with Crippen molar-refractivity contribution >= 4 is 11.7 Å². The fourth-order valence-corrected chi connectivity index (χ4v) is 1.32. The molecule has 1 rings (SSSR count). The van der Waals surface area contributed by atoms with Crippen LogP contribution in [0.2, 0.25) is 0 Å². The van der Waals surface area contributed by atoms with Gasteiger partial charge in [0.2, 0.25) is 0 Å². The maximum absolute atomic E-state index is 12.0. The Bertz CT molecular complexity index is 475. The summed E-state index contributed by atoms with van der Waals surface area (Å²) < 4.78 is 28.0. The molecule has 0 unspecified atom stereocenters. The molecule has 6 nitrogen and oxygen atoms in total. The summed E-state index contributed by atoms with van der Waals surface area (Å²) in [6.45, 7) is -1.97. The van der Waals surface area contributed by atoms with Crippen molar-refractivity contribution in [2.75, 3.05) is 0 Å². The molecule has 0 saturated heterocycles. The highest BCUT2D eigenvalue weighted by molar-refractivity contribution is 5.94. The monoisotopic (exact) mass is 247 g/mol. The van der Waals surface area contributed by atoms with Crippen LogP contribution >= 0.6 is 0 Å². The molecule has 0 fully saturated rings. The van der Waals surface area contributed by atoms with Gasteiger partial charge >= 0.3 is 12.6 Å². The van der Waals surface area contributed by atoms with Gasteiger partial charge in [0.05, 0.1) is 4.92 Å². The average molecular weight is 247 g/mol. The van der Waals surface area contributed by atoms with Gasteiger partial charge in [0.15, 0.2) is 0 Å². The van der Waals surface area contributed by atoms with Crippen molar-refractivity contribution in [1.29, 1.82) is 0 Å². The zero-order valence-corrected chi connectivity index (χ0v) is 8.52. The molecule has 0 atom stereocenters. The Kier molecular flexibility index (Phi) is 3.56. The number of aromatic carboxylic acids is 1. The smallest absolute Gasteiger partial charge is 0.387 e. The molecule has 0 aliphatic carbocycles. The number of carbonyl (C=O) groups is 1. The predicted octanol–water partition coefficient (Wildman–Crippen LogP) is 2.20. The van der Waals surface area contributed by atoms with Crippen LogP contribution in [0.4, 0.5) is 14.5 Å². The summed E-state index contributed by atoms with van der Waals surface area (Å²) in [4.78, 5) is 20.5. The minimum atomic E-state index is -3.13. The van der Waals surface area contributed by atoms with Gasteiger partial charge in [0.25, 0.3) is 5.69 Å². The Labute approximate surface area is 93.6 Å². The standard InChI is InChI=1S/C9H7F2NO5/c1-4-6(17-9(10)11)3-2-5(12(15)16)7(4)8(13)14/h2-3,9H,1H3,(H,13,14). The number of nitrogens with zero attached hydrogens (tertiary/aromatic N) is 1. The Morgan fingerprint density at radius 2 is 2.12 bits per heavy atom. The second-order valence-electron chi connectivity index (χ2n) is 3.02. The number of rotatable bonds is 4. The molecule has 0 bridgehead atoms. The summed E-state index contributed by atoms with van der Waals surface area (Å²) >= 11 is 0. The number of hydrogen-bond donors (Lipinski definition) is 1. The first kappa shape index (κ1) is 12.8. The molecule has 0 saturated carbocycles. The molecule has 0 spiro atoms. The molecule has 0 aliphatic rings. The van der Waals surface area contributed by atoms with E-state index in [2.05, 4.69) is 4.74 Å². The third-order valence-corrected chi connectivity index (χ3v) is 2.02.